The molecular weight excluding hydrogens is 371 g/mol. The van der Waals surface area contributed by atoms with Gasteiger partial charge in [-0.2, -0.15) is 0 Å². The van der Waals surface area contributed by atoms with E-state index in [1.807, 2.05) is 31.2 Å². The number of oxazole rings is 1. The molecule has 1 aromatic heterocycles. The molecule has 1 N–H and O–H groups in total. The van der Waals surface area contributed by atoms with Gasteiger partial charge in [-0.25, -0.2) is 9.18 Å². The largest absolute Gasteiger partial charge is 0.420 e. The number of hydrogen-bond acceptors (Lipinski definition) is 3. The summed E-state index contributed by atoms with van der Waals surface area (Å²) in [6.07, 6.45) is 0. The van der Waals surface area contributed by atoms with Gasteiger partial charge in [0.15, 0.2) is 5.58 Å². The molecule has 0 aliphatic heterocycles. The number of amides is 1. The predicted octanol–water partition coefficient (Wildman–Crippen LogP) is 4.02. The third kappa shape index (κ3) is 4.11. The van der Waals surface area contributed by atoms with Crippen LogP contribution in [0.2, 0.25) is 0 Å². The number of fused-ring (bicyclic) bond motifs is 1. The van der Waals surface area contributed by atoms with Crippen LogP contribution in [-0.4, -0.2) is 10.5 Å². The second kappa shape index (κ2) is 7.75. The number of rotatable bonds is 5. The van der Waals surface area contributed by atoms with E-state index in [1.54, 1.807) is 30.3 Å². The standard InChI is InChI=1S/C23H19FN2O3/c1-15-2-4-16(5-3-15)13-25-22(27)18-8-11-21-20(12-18)26(23(28)29-21)14-17-6-9-19(24)10-7-17/h2-12H,13-14H2,1H3,(H,25,27). The quantitative estimate of drug-likeness (QED) is 0.560. The molecule has 29 heavy (non-hydrogen) atoms. The maximum absolute atomic E-state index is 13.1. The summed E-state index contributed by atoms with van der Waals surface area (Å²) in [5.74, 6) is -1.11. The Kier molecular flexibility index (Phi) is 4.99. The van der Waals surface area contributed by atoms with Gasteiger partial charge in [-0.3, -0.25) is 9.36 Å². The van der Waals surface area contributed by atoms with Crippen molar-refractivity contribution in [3.63, 3.8) is 0 Å². The Bertz CT molecular complexity index is 1220. The van der Waals surface area contributed by atoms with Crippen LogP contribution < -0.4 is 11.1 Å². The summed E-state index contributed by atoms with van der Waals surface area (Å²) in [4.78, 5) is 24.8. The van der Waals surface area contributed by atoms with Gasteiger partial charge in [-0.1, -0.05) is 42.0 Å². The summed E-state index contributed by atoms with van der Waals surface area (Å²) in [5, 5.41) is 2.88. The molecule has 4 rings (SSSR count). The van der Waals surface area contributed by atoms with Crippen molar-refractivity contribution in [2.24, 2.45) is 0 Å². The average Bonchev–Trinajstić information content (AvgIpc) is 3.03. The van der Waals surface area contributed by atoms with E-state index in [-0.39, 0.29) is 18.3 Å². The lowest BCUT2D eigenvalue weighted by molar-refractivity contribution is 0.0951. The van der Waals surface area contributed by atoms with Gasteiger partial charge in [0.25, 0.3) is 5.91 Å². The van der Waals surface area contributed by atoms with Crippen LogP contribution in [0.1, 0.15) is 27.0 Å². The van der Waals surface area contributed by atoms with Crippen molar-refractivity contribution < 1.29 is 13.6 Å². The molecule has 0 saturated heterocycles. The van der Waals surface area contributed by atoms with Crippen molar-refractivity contribution in [2.45, 2.75) is 20.0 Å². The van der Waals surface area contributed by atoms with Crippen LogP contribution in [0.25, 0.3) is 11.1 Å². The molecule has 5 nitrogen and oxygen atoms in total. The Hall–Kier alpha value is -3.67. The van der Waals surface area contributed by atoms with Crippen LogP contribution in [0.15, 0.2) is 75.9 Å². The Morgan fingerprint density at radius 2 is 1.69 bits per heavy atom. The Morgan fingerprint density at radius 3 is 2.41 bits per heavy atom. The van der Waals surface area contributed by atoms with Crippen molar-refractivity contribution >= 4 is 17.0 Å². The van der Waals surface area contributed by atoms with Crippen LogP contribution in [0.3, 0.4) is 0 Å². The molecule has 0 fully saturated rings. The topological polar surface area (TPSA) is 64.2 Å². The maximum atomic E-state index is 13.1. The van der Waals surface area contributed by atoms with E-state index in [0.717, 1.165) is 16.7 Å². The average molecular weight is 390 g/mol. The van der Waals surface area contributed by atoms with Crippen molar-refractivity contribution in [3.8, 4) is 0 Å². The maximum Gasteiger partial charge on any atom is 0.420 e. The van der Waals surface area contributed by atoms with E-state index in [4.69, 9.17) is 4.42 Å². The van der Waals surface area contributed by atoms with Crippen molar-refractivity contribution in [2.75, 3.05) is 0 Å². The summed E-state index contributed by atoms with van der Waals surface area (Å²) in [6.45, 7) is 2.64. The van der Waals surface area contributed by atoms with Gasteiger partial charge in [0, 0.05) is 12.1 Å². The highest BCUT2D eigenvalue weighted by Crippen LogP contribution is 2.17. The number of nitrogens with one attached hydrogen (secondary N) is 1. The molecule has 0 radical (unpaired) electrons. The summed E-state index contributed by atoms with van der Waals surface area (Å²) in [6, 6.07) is 18.7. The van der Waals surface area contributed by atoms with Gasteiger partial charge in [0.05, 0.1) is 12.1 Å². The zero-order chi connectivity index (χ0) is 20.4. The van der Waals surface area contributed by atoms with E-state index in [9.17, 15) is 14.0 Å². The lowest BCUT2D eigenvalue weighted by atomic mass is 10.1. The van der Waals surface area contributed by atoms with Crippen LogP contribution in [0.4, 0.5) is 4.39 Å². The second-order valence-corrected chi connectivity index (χ2v) is 6.93. The lowest BCUT2D eigenvalue weighted by Crippen LogP contribution is -2.23. The van der Waals surface area contributed by atoms with Gasteiger partial charge < -0.3 is 9.73 Å². The molecular formula is C23H19FN2O3. The molecule has 1 amide bonds. The molecule has 0 unspecified atom stereocenters. The second-order valence-electron chi connectivity index (χ2n) is 6.93. The number of carbonyl (C=O) groups excluding carboxylic acids is 1. The van der Waals surface area contributed by atoms with E-state index in [0.29, 0.717) is 23.2 Å². The third-order valence-corrected chi connectivity index (χ3v) is 4.76. The Labute approximate surface area is 166 Å². The third-order valence-electron chi connectivity index (χ3n) is 4.76. The fraction of sp³-hybridized carbons (Fsp3) is 0.130. The first-order chi connectivity index (χ1) is 14.0. The summed E-state index contributed by atoms with van der Waals surface area (Å²) in [5.41, 5.74) is 4.25. The van der Waals surface area contributed by atoms with Crippen molar-refractivity contribution in [1.82, 2.24) is 9.88 Å². The highest BCUT2D eigenvalue weighted by atomic mass is 19.1. The highest BCUT2D eigenvalue weighted by molar-refractivity contribution is 5.97. The molecule has 0 bridgehead atoms. The minimum absolute atomic E-state index is 0.223. The number of hydrogen-bond donors (Lipinski definition) is 1. The molecule has 3 aromatic carbocycles. The van der Waals surface area contributed by atoms with Crippen LogP contribution in [-0.2, 0) is 13.1 Å². The van der Waals surface area contributed by atoms with Crippen molar-refractivity contribution in [1.29, 1.82) is 0 Å². The number of nitrogens with zero attached hydrogens (tertiary/aromatic N) is 1. The molecule has 0 spiro atoms. The first-order valence-corrected chi connectivity index (χ1v) is 9.21. The Morgan fingerprint density at radius 1 is 1.00 bits per heavy atom. The minimum Gasteiger partial charge on any atom is -0.408 e. The summed E-state index contributed by atoms with van der Waals surface area (Å²) < 4.78 is 19.8. The van der Waals surface area contributed by atoms with Crippen LogP contribution in [0.5, 0.6) is 0 Å². The minimum atomic E-state index is -0.526. The van der Waals surface area contributed by atoms with Gasteiger partial charge >= 0.3 is 5.76 Å². The van der Waals surface area contributed by atoms with E-state index in [1.165, 1.54) is 16.7 Å². The number of benzene rings is 3. The highest BCUT2D eigenvalue weighted by Gasteiger charge is 2.13. The van der Waals surface area contributed by atoms with E-state index < -0.39 is 5.76 Å². The van der Waals surface area contributed by atoms with Gasteiger partial charge in [-0.05, 0) is 48.4 Å². The molecule has 0 aliphatic rings. The van der Waals surface area contributed by atoms with Crippen LogP contribution >= 0.6 is 0 Å². The normalized spacial score (nSPS) is 11.0. The summed E-state index contributed by atoms with van der Waals surface area (Å²) >= 11 is 0. The predicted molar refractivity (Wildman–Crippen MR) is 108 cm³/mol. The van der Waals surface area contributed by atoms with Gasteiger partial charge in [-0.15, -0.1) is 0 Å². The van der Waals surface area contributed by atoms with E-state index in [2.05, 4.69) is 5.32 Å². The number of aryl methyl sites for hydroxylation is 1. The fourth-order valence-electron chi connectivity index (χ4n) is 3.12. The number of carbonyl (C=O) groups is 1. The Balaban J connectivity index is 1.57. The van der Waals surface area contributed by atoms with Crippen molar-refractivity contribution in [3.05, 3.63) is 105 Å². The molecule has 0 atom stereocenters. The zero-order valence-corrected chi connectivity index (χ0v) is 15.8. The number of halogens is 1. The molecule has 6 heteroatoms. The van der Waals surface area contributed by atoms with Crippen LogP contribution in [0, 0.1) is 12.7 Å². The fourth-order valence-corrected chi connectivity index (χ4v) is 3.12. The van der Waals surface area contributed by atoms with Gasteiger partial charge in [0.2, 0.25) is 0 Å². The molecule has 0 aliphatic carbocycles. The van der Waals surface area contributed by atoms with E-state index >= 15 is 0 Å². The first-order valence-electron chi connectivity index (χ1n) is 9.21. The molecule has 1 heterocycles. The first kappa shape index (κ1) is 18.7. The molecule has 0 saturated carbocycles. The number of aromatic nitrogens is 1. The SMILES string of the molecule is Cc1ccc(CNC(=O)c2ccc3oc(=O)n(Cc4ccc(F)cc4)c3c2)cc1. The smallest absolute Gasteiger partial charge is 0.408 e. The monoisotopic (exact) mass is 390 g/mol. The van der Waals surface area contributed by atoms with Gasteiger partial charge in [0.1, 0.15) is 5.82 Å². The molecule has 146 valence electrons. The molecule has 4 aromatic rings. The summed E-state index contributed by atoms with van der Waals surface area (Å²) in [7, 11) is 0. The lowest BCUT2D eigenvalue weighted by Gasteiger charge is -2.07. The zero-order valence-electron chi connectivity index (χ0n) is 15.8.